The first-order valence-corrected chi connectivity index (χ1v) is 23.3. The number of thioether (sulfide) groups is 1. The molecule has 0 spiro atoms. The minimum atomic E-state index is -1.72. The summed E-state index contributed by atoms with van der Waals surface area (Å²) in [6.45, 7) is 5.56. The fourth-order valence-corrected chi connectivity index (χ4v) is 7.12. The number of amides is 8. The summed E-state index contributed by atoms with van der Waals surface area (Å²) in [5, 5.41) is 56.3. The number of nitrogens with one attached hydrogen (secondary N) is 8. The predicted octanol–water partition coefficient (Wildman–Crippen LogP) is -2.68. The van der Waals surface area contributed by atoms with Gasteiger partial charge in [-0.25, -0.2) is 4.79 Å². The van der Waals surface area contributed by atoms with Gasteiger partial charge in [0.1, 0.15) is 42.3 Å². The van der Waals surface area contributed by atoms with Gasteiger partial charge in [-0.05, 0) is 69.1 Å². The van der Waals surface area contributed by atoms with Crippen LogP contribution in [-0.2, 0) is 59.2 Å². The number of carbonyl (C=O) groups is 11. The Balaban J connectivity index is 2.40. The Hall–Kier alpha value is -6.80. The zero-order chi connectivity index (χ0) is 52.1. The maximum absolute atomic E-state index is 14.1. The quantitative estimate of drug-likeness (QED) is 0.0366. The maximum atomic E-state index is 14.1. The molecule has 0 aliphatic carbocycles. The summed E-state index contributed by atoms with van der Waals surface area (Å²) in [5.41, 5.74) is 12.1. The monoisotopic (exact) mass is 992 g/mol. The first-order valence-electron chi connectivity index (χ1n) is 21.9. The highest BCUT2D eigenvalue weighted by Gasteiger charge is 2.36. The van der Waals surface area contributed by atoms with Crippen LogP contribution in [0.1, 0.15) is 78.2 Å². The number of para-hydroxylation sites is 1. The highest BCUT2D eigenvalue weighted by Crippen LogP contribution is 2.20. The van der Waals surface area contributed by atoms with Gasteiger partial charge in [0.05, 0.1) is 12.1 Å². The molecule has 1 aromatic carbocycles. The molecule has 2 aromatic rings. The van der Waals surface area contributed by atoms with E-state index in [1.165, 1.54) is 25.6 Å². The van der Waals surface area contributed by atoms with Gasteiger partial charge >= 0.3 is 17.9 Å². The van der Waals surface area contributed by atoms with Crippen LogP contribution in [-0.4, -0.2) is 157 Å². The SMILES string of the molecule is CSCC[C@H](NC(=O)[C@@H](NC(=O)[C@@H](NC(=O)[C@H](C)NC(=O)[C@H](Cc1c[nH]c2ccccc12)NC(=O)[C@H](CCC(=O)O)NC(=O)[C@H](CCC(=O)O)NC(=O)[C@@H](N)CCC(N)=O)[C@@H](C)O)C(C)C)C(=O)O. The van der Waals surface area contributed by atoms with Crippen molar-refractivity contribution in [2.75, 3.05) is 12.0 Å². The van der Waals surface area contributed by atoms with Crippen LogP contribution >= 0.6 is 11.8 Å². The van der Waals surface area contributed by atoms with Crippen molar-refractivity contribution in [3.8, 4) is 0 Å². The molecule has 0 saturated heterocycles. The molecule has 0 fully saturated rings. The zero-order valence-corrected chi connectivity index (χ0v) is 39.7. The Labute approximate surface area is 401 Å². The number of carboxylic acid groups (broad SMARTS) is 3. The number of carboxylic acids is 3. The number of aliphatic hydroxyl groups is 1. The van der Waals surface area contributed by atoms with Crippen LogP contribution in [0.15, 0.2) is 30.5 Å². The minimum Gasteiger partial charge on any atom is -0.481 e. The molecule has 0 saturated carbocycles. The number of H-pyrrole nitrogens is 1. The standard InChI is InChI=1S/C43H64N10O15S/c1-20(2)34(41(65)50-29(43(67)68)16-17-69-5)52-42(66)35(22(4)54)53-36(60)21(3)47-40(64)30(18-23-19-46-26-9-7-6-8-24(23)26)51-39(63)28(12-15-33(58)59)49-38(62)27(11-14-32(56)57)48-37(61)25(44)10-13-31(45)55/h6-9,19-22,25,27-30,34-35,46,54H,10-18,44H2,1-5H3,(H2,45,55)(H,47,64)(H,48,61)(H,49,62)(H,50,65)(H,51,63)(H,52,66)(H,53,60)(H,56,57)(H,58,59)(H,67,68)/t21-,22+,25-,27-,28-,29-,30-,34-,35-/m0/s1. The second-order valence-corrected chi connectivity index (χ2v) is 17.6. The average Bonchev–Trinajstić information content (AvgIpc) is 3.68. The van der Waals surface area contributed by atoms with Crippen molar-refractivity contribution < 1.29 is 73.2 Å². The highest BCUT2D eigenvalue weighted by molar-refractivity contribution is 7.98. The number of benzene rings is 1. The van der Waals surface area contributed by atoms with E-state index in [9.17, 15) is 73.2 Å². The lowest BCUT2D eigenvalue weighted by Gasteiger charge is -2.28. The lowest BCUT2D eigenvalue weighted by atomic mass is 10.0. The van der Waals surface area contributed by atoms with E-state index in [2.05, 4.69) is 42.2 Å². The molecular weight excluding hydrogens is 929 g/mol. The number of aromatic amines is 1. The molecule has 16 N–H and O–H groups in total. The van der Waals surface area contributed by atoms with Crippen LogP contribution in [0.4, 0.5) is 0 Å². The van der Waals surface area contributed by atoms with E-state index in [0.717, 1.165) is 0 Å². The lowest BCUT2D eigenvalue weighted by Crippen LogP contribution is -2.62. The molecule has 1 aromatic heterocycles. The topological polar surface area (TPSA) is 421 Å². The van der Waals surface area contributed by atoms with Crippen LogP contribution in [0.3, 0.4) is 0 Å². The second-order valence-electron chi connectivity index (χ2n) is 16.6. The second kappa shape index (κ2) is 28.5. The van der Waals surface area contributed by atoms with Gasteiger partial charge in [0, 0.05) is 42.8 Å². The van der Waals surface area contributed by atoms with Gasteiger partial charge in [-0.2, -0.15) is 11.8 Å². The van der Waals surface area contributed by atoms with Gasteiger partial charge in [0.25, 0.3) is 0 Å². The van der Waals surface area contributed by atoms with Crippen molar-refractivity contribution in [2.24, 2.45) is 17.4 Å². The van der Waals surface area contributed by atoms with E-state index >= 15 is 0 Å². The summed E-state index contributed by atoms with van der Waals surface area (Å²) in [6.07, 6.45) is -1.32. The Kier molecular flexibility index (Phi) is 24.1. The van der Waals surface area contributed by atoms with Crippen LogP contribution in [0.2, 0.25) is 0 Å². The average molecular weight is 993 g/mol. The number of primary amides is 1. The number of aromatic nitrogens is 1. The zero-order valence-electron chi connectivity index (χ0n) is 38.9. The van der Waals surface area contributed by atoms with Crippen molar-refractivity contribution in [3.63, 3.8) is 0 Å². The summed E-state index contributed by atoms with van der Waals surface area (Å²) in [6, 6.07) is -5.07. The van der Waals surface area contributed by atoms with Crippen LogP contribution in [0.5, 0.6) is 0 Å². The fraction of sp³-hybridized carbons (Fsp3) is 0.558. The number of fused-ring (bicyclic) bond motifs is 1. The van der Waals surface area contributed by atoms with Crippen LogP contribution in [0, 0.1) is 5.92 Å². The molecule has 9 atom stereocenters. The molecule has 0 radical (unpaired) electrons. The van der Waals surface area contributed by atoms with Crippen LogP contribution < -0.4 is 48.7 Å². The Morgan fingerprint density at radius 3 is 1.64 bits per heavy atom. The van der Waals surface area contributed by atoms with Gasteiger partial charge in [-0.3, -0.25) is 47.9 Å². The fourth-order valence-electron chi connectivity index (χ4n) is 6.65. The third kappa shape index (κ3) is 19.8. The number of aliphatic carboxylic acids is 3. The van der Waals surface area contributed by atoms with Crippen molar-refractivity contribution >= 4 is 87.8 Å². The van der Waals surface area contributed by atoms with Crippen LogP contribution in [0.25, 0.3) is 10.9 Å². The molecule has 0 bridgehead atoms. The normalized spacial score (nSPS) is 15.1. The van der Waals surface area contributed by atoms with Gasteiger partial charge < -0.3 is 74.1 Å². The van der Waals surface area contributed by atoms with Crippen molar-refractivity contribution in [2.45, 2.75) is 134 Å². The molecule has 382 valence electrons. The first-order chi connectivity index (χ1) is 32.4. The molecular formula is C43H64N10O15S. The number of hydrogen-bond acceptors (Lipinski definition) is 14. The van der Waals surface area contributed by atoms with E-state index in [1.54, 1.807) is 50.6 Å². The number of hydrogen-bond donors (Lipinski definition) is 14. The van der Waals surface area contributed by atoms with Gasteiger partial charge in [0.15, 0.2) is 0 Å². The number of rotatable bonds is 31. The summed E-state index contributed by atoms with van der Waals surface area (Å²) in [4.78, 5) is 144. The summed E-state index contributed by atoms with van der Waals surface area (Å²) in [7, 11) is 0. The molecule has 26 heteroatoms. The summed E-state index contributed by atoms with van der Waals surface area (Å²) < 4.78 is 0. The molecule has 0 aliphatic rings. The third-order valence-electron chi connectivity index (χ3n) is 10.6. The molecule has 0 unspecified atom stereocenters. The molecule has 69 heavy (non-hydrogen) atoms. The number of carbonyl (C=O) groups excluding carboxylic acids is 8. The lowest BCUT2D eigenvalue weighted by molar-refractivity contribution is -0.143. The molecule has 1 heterocycles. The van der Waals surface area contributed by atoms with Gasteiger partial charge in [-0.1, -0.05) is 32.0 Å². The van der Waals surface area contributed by atoms with E-state index < -0.39 is 151 Å². The van der Waals surface area contributed by atoms with Crippen molar-refractivity contribution in [1.29, 1.82) is 0 Å². The Bertz CT molecular complexity index is 2170. The molecule has 8 amide bonds. The van der Waals surface area contributed by atoms with E-state index in [1.807, 2.05) is 0 Å². The van der Waals surface area contributed by atoms with E-state index in [4.69, 9.17) is 11.5 Å². The maximum Gasteiger partial charge on any atom is 0.326 e. The third-order valence-corrected chi connectivity index (χ3v) is 11.3. The smallest absolute Gasteiger partial charge is 0.326 e. The summed E-state index contributed by atoms with van der Waals surface area (Å²) >= 11 is 1.37. The van der Waals surface area contributed by atoms with Crippen molar-refractivity contribution in [1.82, 2.24) is 42.2 Å². The summed E-state index contributed by atoms with van der Waals surface area (Å²) in [5.74, 6) is -12.0. The van der Waals surface area contributed by atoms with E-state index in [-0.39, 0.29) is 25.7 Å². The number of aliphatic hydroxyl groups excluding tert-OH is 1. The molecule has 25 nitrogen and oxygen atoms in total. The highest BCUT2D eigenvalue weighted by atomic mass is 32.2. The van der Waals surface area contributed by atoms with Gasteiger partial charge in [0.2, 0.25) is 47.3 Å². The first kappa shape index (κ1) is 58.3. The predicted molar refractivity (Wildman–Crippen MR) is 248 cm³/mol. The van der Waals surface area contributed by atoms with E-state index in [0.29, 0.717) is 22.2 Å². The Morgan fingerprint density at radius 1 is 0.609 bits per heavy atom. The minimum absolute atomic E-state index is 0.0985. The Morgan fingerprint density at radius 2 is 1.12 bits per heavy atom. The van der Waals surface area contributed by atoms with Crippen molar-refractivity contribution in [3.05, 3.63) is 36.0 Å². The number of nitrogens with two attached hydrogens (primary N) is 2. The largest absolute Gasteiger partial charge is 0.481 e. The molecule has 0 aliphatic heterocycles. The van der Waals surface area contributed by atoms with Gasteiger partial charge in [-0.15, -0.1) is 0 Å². The molecule has 2 rings (SSSR count).